The number of aromatic nitrogens is 1. The van der Waals surface area contributed by atoms with Crippen LogP contribution in [0.3, 0.4) is 0 Å². The van der Waals surface area contributed by atoms with Gasteiger partial charge in [0.25, 0.3) is 5.56 Å². The fourth-order valence-electron chi connectivity index (χ4n) is 3.55. The van der Waals surface area contributed by atoms with Gasteiger partial charge in [-0.05, 0) is 81.0 Å². The van der Waals surface area contributed by atoms with Crippen molar-refractivity contribution < 1.29 is 9.00 Å². The number of rotatable bonds is 8. The molecule has 0 aliphatic carbocycles. The number of pyridine rings is 1. The van der Waals surface area contributed by atoms with E-state index in [9.17, 15) is 13.8 Å². The predicted octanol–water partition coefficient (Wildman–Crippen LogP) is 4.83. The molecular formula is C25H26ClN5O3S2. The molecule has 36 heavy (non-hydrogen) atoms. The van der Waals surface area contributed by atoms with Gasteiger partial charge in [0.1, 0.15) is 4.21 Å². The monoisotopic (exact) mass is 543 g/mol. The number of anilines is 2. The summed E-state index contributed by atoms with van der Waals surface area (Å²) in [6.07, 6.45) is 1.68. The van der Waals surface area contributed by atoms with Crippen molar-refractivity contribution in [3.8, 4) is 5.69 Å². The highest BCUT2D eigenvalue weighted by Gasteiger charge is 2.13. The molecule has 4 aromatic rings. The number of benzene rings is 2. The summed E-state index contributed by atoms with van der Waals surface area (Å²) in [5, 5.41) is 7.66. The van der Waals surface area contributed by atoms with Crippen LogP contribution in [0, 0.1) is 6.92 Å². The van der Waals surface area contributed by atoms with Gasteiger partial charge >= 0.3 is 6.03 Å². The van der Waals surface area contributed by atoms with Crippen molar-refractivity contribution in [2.45, 2.75) is 11.1 Å². The number of fused-ring (bicyclic) bond motifs is 1. The molecule has 3 N–H and O–H groups in total. The van der Waals surface area contributed by atoms with E-state index >= 15 is 0 Å². The van der Waals surface area contributed by atoms with Crippen LogP contribution < -0.4 is 20.9 Å². The van der Waals surface area contributed by atoms with Crippen LogP contribution in [0.1, 0.15) is 4.88 Å². The first-order valence-corrected chi connectivity index (χ1v) is 13.5. The van der Waals surface area contributed by atoms with Gasteiger partial charge in [-0.3, -0.25) is 14.1 Å². The molecule has 188 valence electrons. The van der Waals surface area contributed by atoms with Crippen molar-refractivity contribution in [3.05, 3.63) is 81.0 Å². The SMILES string of the molecule is Cc1ccc(S(=O)NC(=O)Nc2ccc(-n3ccc4cc(NCCN(C)C)ccc4c3=O)c(Cl)c2)s1. The number of carbonyl (C=O) groups excluding carboxylic acids is 1. The Bertz CT molecular complexity index is 1500. The lowest BCUT2D eigenvalue weighted by Gasteiger charge is -2.13. The summed E-state index contributed by atoms with van der Waals surface area (Å²) >= 11 is 7.83. The van der Waals surface area contributed by atoms with E-state index < -0.39 is 17.0 Å². The van der Waals surface area contributed by atoms with Crippen molar-refractivity contribution in [1.82, 2.24) is 14.2 Å². The zero-order valence-corrected chi connectivity index (χ0v) is 22.4. The van der Waals surface area contributed by atoms with Gasteiger partial charge in [0, 0.05) is 40.9 Å². The van der Waals surface area contributed by atoms with Gasteiger partial charge < -0.3 is 15.5 Å². The molecule has 4 rings (SSSR count). The average Bonchev–Trinajstić information content (AvgIpc) is 3.26. The largest absolute Gasteiger partial charge is 0.384 e. The number of nitrogens with zero attached hydrogens (tertiary/aromatic N) is 2. The van der Waals surface area contributed by atoms with E-state index in [0.717, 1.165) is 29.0 Å². The van der Waals surface area contributed by atoms with Gasteiger partial charge in [0.05, 0.1) is 10.7 Å². The molecule has 0 fully saturated rings. The minimum atomic E-state index is -1.66. The number of amides is 2. The summed E-state index contributed by atoms with van der Waals surface area (Å²) < 4.78 is 16.7. The molecule has 1 atom stereocenters. The molecule has 0 bridgehead atoms. The molecule has 0 saturated carbocycles. The highest BCUT2D eigenvalue weighted by molar-refractivity contribution is 7.86. The van der Waals surface area contributed by atoms with E-state index in [4.69, 9.17) is 11.6 Å². The standard InChI is InChI=1S/C25H26ClN5O3S2/c1-16-4-9-23(35-16)36(34)29-25(33)28-19-6-8-22(21(26)15-19)31-12-10-17-14-18(27-11-13-30(2)3)5-7-20(17)24(31)32/h4-10,12,14-15,27H,11,13H2,1-3H3,(H2,28,29,33). The van der Waals surface area contributed by atoms with Crippen molar-refractivity contribution >= 4 is 62.1 Å². The van der Waals surface area contributed by atoms with E-state index in [2.05, 4.69) is 20.3 Å². The number of carbonyl (C=O) groups is 1. The Morgan fingerprint density at radius 1 is 1.08 bits per heavy atom. The fraction of sp³-hybridized carbons (Fsp3) is 0.200. The van der Waals surface area contributed by atoms with Crippen LogP contribution in [-0.4, -0.2) is 46.9 Å². The zero-order valence-electron chi connectivity index (χ0n) is 20.0. The number of hydrogen-bond donors (Lipinski definition) is 3. The molecule has 8 nitrogen and oxygen atoms in total. The zero-order chi connectivity index (χ0) is 25.8. The number of urea groups is 1. The lowest BCUT2D eigenvalue weighted by Crippen LogP contribution is -2.30. The van der Waals surface area contributed by atoms with Crippen LogP contribution in [0.4, 0.5) is 16.2 Å². The Hall–Kier alpha value is -3.18. The topological polar surface area (TPSA) is 95.5 Å². The molecule has 1 unspecified atom stereocenters. The number of thiophene rings is 1. The number of halogens is 1. The Kier molecular flexibility index (Phi) is 8.10. The van der Waals surface area contributed by atoms with E-state index in [1.165, 1.54) is 15.9 Å². The lowest BCUT2D eigenvalue weighted by molar-refractivity contribution is 0.257. The summed E-state index contributed by atoms with van der Waals surface area (Å²) in [5.41, 5.74) is 1.64. The fourth-order valence-corrected chi connectivity index (χ4v) is 5.75. The molecule has 2 aromatic carbocycles. The van der Waals surface area contributed by atoms with Crippen LogP contribution in [0.5, 0.6) is 0 Å². The molecule has 0 aliphatic rings. The van der Waals surface area contributed by atoms with E-state index in [1.807, 2.05) is 45.3 Å². The second kappa shape index (κ2) is 11.3. The summed E-state index contributed by atoms with van der Waals surface area (Å²) in [4.78, 5) is 28.6. The Morgan fingerprint density at radius 3 is 2.56 bits per heavy atom. The molecule has 0 aliphatic heterocycles. The third-order valence-electron chi connectivity index (χ3n) is 5.34. The number of nitrogens with one attached hydrogen (secondary N) is 3. The quantitative estimate of drug-likeness (QED) is 0.296. The maximum absolute atomic E-state index is 13.2. The smallest absolute Gasteiger partial charge is 0.331 e. The van der Waals surface area contributed by atoms with Crippen molar-refractivity contribution in [1.29, 1.82) is 0 Å². The molecule has 2 heterocycles. The van der Waals surface area contributed by atoms with Gasteiger partial charge in [-0.25, -0.2) is 9.00 Å². The van der Waals surface area contributed by atoms with Crippen molar-refractivity contribution in [2.75, 3.05) is 37.8 Å². The Balaban J connectivity index is 1.49. The molecular weight excluding hydrogens is 518 g/mol. The summed E-state index contributed by atoms with van der Waals surface area (Å²) in [7, 11) is 2.38. The van der Waals surface area contributed by atoms with Gasteiger partial charge in [-0.2, -0.15) is 0 Å². The first kappa shape index (κ1) is 25.9. The Labute approximate surface area is 220 Å². The number of aryl methyl sites for hydroxylation is 1. The molecule has 11 heteroatoms. The molecule has 2 aromatic heterocycles. The first-order valence-electron chi connectivity index (χ1n) is 11.1. The molecule has 0 radical (unpaired) electrons. The average molecular weight is 544 g/mol. The van der Waals surface area contributed by atoms with Crippen LogP contribution in [0.25, 0.3) is 16.5 Å². The molecule has 0 spiro atoms. The maximum Gasteiger partial charge on any atom is 0.331 e. The van der Waals surface area contributed by atoms with Gasteiger partial charge in [-0.15, -0.1) is 11.3 Å². The lowest BCUT2D eigenvalue weighted by atomic mass is 10.1. The summed E-state index contributed by atoms with van der Waals surface area (Å²) in [5.74, 6) is 0. The van der Waals surface area contributed by atoms with Crippen molar-refractivity contribution in [3.63, 3.8) is 0 Å². The van der Waals surface area contributed by atoms with Crippen LogP contribution >= 0.6 is 22.9 Å². The predicted molar refractivity (Wildman–Crippen MR) is 149 cm³/mol. The molecule has 2 amide bonds. The second-order valence-corrected chi connectivity index (χ2v) is 11.5. The molecule has 0 saturated heterocycles. The minimum absolute atomic E-state index is 0.200. The first-order chi connectivity index (χ1) is 17.2. The highest BCUT2D eigenvalue weighted by atomic mass is 35.5. The van der Waals surface area contributed by atoms with Crippen LogP contribution in [0.15, 0.2) is 69.8 Å². The Morgan fingerprint density at radius 2 is 1.86 bits per heavy atom. The summed E-state index contributed by atoms with van der Waals surface area (Å²) in [6.45, 7) is 3.60. The number of hydrogen-bond acceptors (Lipinski definition) is 6. The second-order valence-electron chi connectivity index (χ2n) is 8.38. The van der Waals surface area contributed by atoms with Crippen LogP contribution in [-0.2, 0) is 11.0 Å². The third kappa shape index (κ3) is 6.14. The van der Waals surface area contributed by atoms with E-state index in [-0.39, 0.29) is 10.6 Å². The van der Waals surface area contributed by atoms with Crippen molar-refractivity contribution in [2.24, 2.45) is 0 Å². The highest BCUT2D eigenvalue weighted by Crippen LogP contribution is 2.25. The van der Waals surface area contributed by atoms with E-state index in [0.29, 0.717) is 21.0 Å². The third-order valence-corrected chi connectivity index (χ3v) is 8.02. The maximum atomic E-state index is 13.2. The van der Waals surface area contributed by atoms with E-state index in [1.54, 1.807) is 36.5 Å². The normalized spacial score (nSPS) is 12.0. The minimum Gasteiger partial charge on any atom is -0.384 e. The van der Waals surface area contributed by atoms with Gasteiger partial charge in [0.2, 0.25) is 0 Å². The number of likely N-dealkylation sites (N-methyl/N-ethyl adjacent to an activating group) is 1. The summed E-state index contributed by atoms with van der Waals surface area (Å²) in [6, 6.07) is 15.3. The van der Waals surface area contributed by atoms with Gasteiger partial charge in [-0.1, -0.05) is 11.6 Å². The van der Waals surface area contributed by atoms with Gasteiger partial charge in [0.15, 0.2) is 11.0 Å². The van der Waals surface area contributed by atoms with Crippen LogP contribution in [0.2, 0.25) is 5.02 Å².